The summed E-state index contributed by atoms with van der Waals surface area (Å²) in [5.74, 6) is -0.635. The fourth-order valence-electron chi connectivity index (χ4n) is 7.89. The Balaban J connectivity index is 5.40. The van der Waals surface area contributed by atoms with Crippen molar-refractivity contribution in [1.82, 2.24) is 5.32 Å². The molecule has 0 saturated carbocycles. The van der Waals surface area contributed by atoms with E-state index in [1.54, 1.807) is 0 Å². The number of esters is 1. The molecule has 2 N–H and O–H groups in total. The number of hydrogen-bond donors (Lipinski definition) is 2. The minimum Gasteiger partial charge on any atom is -0.456 e. The highest BCUT2D eigenvalue weighted by Gasteiger charge is 2.30. The fraction of sp³-hybridized carbons (Fsp3) is 0.642. The Hall–Kier alpha value is -3.85. The maximum absolute atomic E-state index is 13.5. The number of phosphoric ester groups is 1. The van der Waals surface area contributed by atoms with Gasteiger partial charge in [-0.25, -0.2) is 4.57 Å². The first-order chi connectivity index (χ1) is 37.4. The summed E-state index contributed by atoms with van der Waals surface area (Å²) >= 11 is 0. The van der Waals surface area contributed by atoms with Gasteiger partial charge in [-0.3, -0.25) is 18.6 Å². The lowest BCUT2D eigenvalue weighted by atomic mass is 10.1. The summed E-state index contributed by atoms with van der Waals surface area (Å²) in [6.45, 7) is 6.77. The molecule has 0 spiro atoms. The Morgan fingerprint density at radius 2 is 0.844 bits per heavy atom. The number of likely N-dealkylation sites (N-methyl/N-ethyl adjacent to an activating group) is 1. The van der Waals surface area contributed by atoms with Crippen LogP contribution in [0.2, 0.25) is 0 Å². The van der Waals surface area contributed by atoms with E-state index >= 15 is 0 Å². The molecule has 0 bridgehead atoms. The minimum atomic E-state index is -4.48. The molecule has 3 unspecified atom stereocenters. The van der Waals surface area contributed by atoms with E-state index in [1.165, 1.54) is 70.6 Å². The van der Waals surface area contributed by atoms with Crippen molar-refractivity contribution >= 4 is 19.7 Å². The van der Waals surface area contributed by atoms with E-state index in [0.29, 0.717) is 23.9 Å². The van der Waals surface area contributed by atoms with Gasteiger partial charge in [-0.05, 0) is 115 Å². The number of carbonyl (C=O) groups excluding carboxylic acids is 2. The average molecular weight is 1090 g/mol. The second-order valence-corrected chi connectivity index (χ2v) is 22.6. The lowest BCUT2D eigenvalue weighted by Crippen LogP contribution is -2.47. The molecule has 77 heavy (non-hydrogen) atoms. The lowest BCUT2D eigenvalue weighted by Gasteiger charge is -2.27. The summed E-state index contributed by atoms with van der Waals surface area (Å²) in [6.07, 6.45) is 78.9. The second-order valence-electron chi connectivity index (χ2n) is 21.1. The quantitative estimate of drug-likeness (QED) is 0.0205. The van der Waals surface area contributed by atoms with Gasteiger partial charge in [0.1, 0.15) is 19.3 Å². The largest absolute Gasteiger partial charge is 0.472 e. The van der Waals surface area contributed by atoms with E-state index in [2.05, 4.69) is 135 Å². The predicted molar refractivity (Wildman–Crippen MR) is 332 cm³/mol. The van der Waals surface area contributed by atoms with Crippen molar-refractivity contribution in [3.8, 4) is 0 Å². The molecule has 438 valence electrons. The van der Waals surface area contributed by atoms with Crippen LogP contribution in [0.15, 0.2) is 134 Å². The lowest BCUT2D eigenvalue weighted by molar-refractivity contribution is -0.870. The number of nitrogens with zero attached hydrogens (tertiary/aromatic N) is 1. The molecule has 0 aliphatic rings. The molecule has 0 fully saturated rings. The first-order valence-electron chi connectivity index (χ1n) is 30.5. The van der Waals surface area contributed by atoms with Gasteiger partial charge in [0.2, 0.25) is 5.91 Å². The van der Waals surface area contributed by atoms with Crippen LogP contribution >= 0.6 is 7.82 Å². The maximum atomic E-state index is 13.5. The summed E-state index contributed by atoms with van der Waals surface area (Å²) < 4.78 is 30.6. The van der Waals surface area contributed by atoms with Crippen LogP contribution in [-0.4, -0.2) is 74.3 Å². The van der Waals surface area contributed by atoms with Crippen molar-refractivity contribution in [1.29, 1.82) is 0 Å². The molecule has 1 amide bonds. The number of allylic oxidation sites excluding steroid dienone is 21. The Bertz CT molecular complexity index is 1780. The second kappa shape index (κ2) is 55.5. The van der Waals surface area contributed by atoms with Crippen LogP contribution < -0.4 is 5.32 Å². The summed E-state index contributed by atoms with van der Waals surface area (Å²) in [4.78, 5) is 37.6. The smallest absolute Gasteiger partial charge is 0.456 e. The molecular weight excluding hydrogens is 976 g/mol. The van der Waals surface area contributed by atoms with Crippen LogP contribution in [0.4, 0.5) is 0 Å². The van der Waals surface area contributed by atoms with Gasteiger partial charge >= 0.3 is 13.8 Å². The number of ether oxygens (including phenoxy) is 1. The normalized spacial score (nSPS) is 14.6. The minimum absolute atomic E-state index is 0.0174. The Morgan fingerprint density at radius 3 is 1.30 bits per heavy atom. The van der Waals surface area contributed by atoms with Gasteiger partial charge < -0.3 is 19.4 Å². The van der Waals surface area contributed by atoms with Crippen molar-refractivity contribution < 1.29 is 37.3 Å². The van der Waals surface area contributed by atoms with Crippen LogP contribution in [0.3, 0.4) is 0 Å². The number of nitrogens with one attached hydrogen (secondary N) is 1. The third kappa shape index (κ3) is 56.7. The number of amides is 1. The molecule has 0 saturated heterocycles. The van der Waals surface area contributed by atoms with Gasteiger partial charge in [-0.15, -0.1) is 0 Å². The zero-order valence-electron chi connectivity index (χ0n) is 49.9. The van der Waals surface area contributed by atoms with Gasteiger partial charge in [0.25, 0.3) is 0 Å². The highest BCUT2D eigenvalue weighted by molar-refractivity contribution is 7.47. The van der Waals surface area contributed by atoms with Crippen LogP contribution in [0.5, 0.6) is 0 Å². The van der Waals surface area contributed by atoms with E-state index in [9.17, 15) is 19.0 Å². The van der Waals surface area contributed by atoms with Crippen molar-refractivity contribution in [2.45, 2.75) is 238 Å². The summed E-state index contributed by atoms with van der Waals surface area (Å²) in [5.41, 5.74) is 0. The number of phosphoric acid groups is 1. The van der Waals surface area contributed by atoms with Gasteiger partial charge in [0.05, 0.1) is 33.8 Å². The number of unbranched alkanes of at least 4 members (excludes halogenated alkanes) is 17. The molecule has 9 nitrogen and oxygen atoms in total. The standard InChI is InChI=1S/C67H113N2O7P/c1-7-10-13-16-19-22-25-27-29-31-33-34-36-37-39-41-44-47-50-53-56-59-66(70)68-64(63-75-77(72,73)74-62-61-69(4,5)6)65(58-55-52-49-46-43-24-21-18-15-12-9-3)76-67(71)60-57-54-51-48-45-42-40-38-35-32-30-28-26-23-20-17-14-11-8-2/h11,14,19-20,22-23,27-30,33-35,37-39,42,45,51,54-55,58,64-65H,7-10,12-13,15-18,21,24-26,31-32,36,40-41,43-44,46-50,52-53,56-57,59-63H2,1-6H3,(H-,68,70,72,73)/p+1/b14-11-,22-19-,23-20-,29-27-,30-28-,34-33-,38-35-,39-37-,45-42-,54-51-,58-55+. The molecular formula is C67H114N2O7P+. The molecule has 0 aliphatic heterocycles. The Morgan fingerprint density at radius 1 is 0.468 bits per heavy atom. The molecule has 0 aromatic rings. The molecule has 0 aromatic heterocycles. The third-order valence-corrected chi connectivity index (χ3v) is 13.6. The molecule has 0 aliphatic carbocycles. The first-order valence-corrected chi connectivity index (χ1v) is 32.0. The van der Waals surface area contributed by atoms with Gasteiger partial charge in [-0.1, -0.05) is 232 Å². The predicted octanol–water partition coefficient (Wildman–Crippen LogP) is 18.9. The molecule has 0 aromatic carbocycles. The summed E-state index contributed by atoms with van der Waals surface area (Å²) in [5, 5.41) is 3.02. The van der Waals surface area contributed by atoms with Crippen molar-refractivity contribution in [2.24, 2.45) is 0 Å². The maximum Gasteiger partial charge on any atom is 0.472 e. The molecule has 10 heteroatoms. The van der Waals surface area contributed by atoms with E-state index in [0.717, 1.165) is 109 Å². The zero-order chi connectivity index (χ0) is 56.4. The van der Waals surface area contributed by atoms with Gasteiger partial charge in [-0.2, -0.15) is 0 Å². The van der Waals surface area contributed by atoms with Crippen LogP contribution in [-0.2, 0) is 27.9 Å². The number of rotatable bonds is 53. The topological polar surface area (TPSA) is 111 Å². The number of quaternary nitrogens is 1. The fourth-order valence-corrected chi connectivity index (χ4v) is 8.62. The molecule has 3 atom stereocenters. The molecule has 0 heterocycles. The van der Waals surface area contributed by atoms with Crippen molar-refractivity contribution in [2.75, 3.05) is 40.9 Å². The van der Waals surface area contributed by atoms with E-state index in [-0.39, 0.29) is 32.0 Å². The van der Waals surface area contributed by atoms with Crippen LogP contribution in [0.25, 0.3) is 0 Å². The van der Waals surface area contributed by atoms with Crippen molar-refractivity contribution in [3.05, 3.63) is 134 Å². The monoisotopic (exact) mass is 1090 g/mol. The van der Waals surface area contributed by atoms with Crippen LogP contribution in [0.1, 0.15) is 226 Å². The SMILES string of the molecule is CC/C=C\C/C=C\C/C=C\C/C=C\C/C=C\C/C=C\CCC(=O)OC(/C=C/CCCCCCCCCCC)C(COP(=O)(O)OCC[N+](C)(C)C)NC(=O)CCCCCCC/C=C\C/C=C\C/C=C\C/C=C\CCCCC. The first kappa shape index (κ1) is 73.2. The van der Waals surface area contributed by atoms with E-state index in [4.69, 9.17) is 13.8 Å². The van der Waals surface area contributed by atoms with Gasteiger partial charge in [0.15, 0.2) is 0 Å². The Kier molecular flexibility index (Phi) is 52.7. The number of carbonyl (C=O) groups is 2. The molecule has 0 radical (unpaired) electrons. The average Bonchev–Trinajstić information content (AvgIpc) is 3.39. The van der Waals surface area contributed by atoms with Gasteiger partial charge in [0, 0.05) is 12.8 Å². The highest BCUT2D eigenvalue weighted by atomic mass is 31.2. The number of hydrogen-bond acceptors (Lipinski definition) is 6. The highest BCUT2D eigenvalue weighted by Crippen LogP contribution is 2.43. The van der Waals surface area contributed by atoms with Crippen LogP contribution in [0, 0.1) is 0 Å². The Labute approximate surface area is 473 Å². The summed E-state index contributed by atoms with van der Waals surface area (Å²) in [7, 11) is 1.42. The van der Waals surface area contributed by atoms with E-state index in [1.807, 2.05) is 45.4 Å². The zero-order valence-corrected chi connectivity index (χ0v) is 50.8. The molecule has 0 rings (SSSR count). The van der Waals surface area contributed by atoms with Crippen molar-refractivity contribution in [3.63, 3.8) is 0 Å². The summed E-state index contributed by atoms with van der Waals surface area (Å²) in [6, 6.07) is -0.899. The van der Waals surface area contributed by atoms with E-state index < -0.39 is 25.9 Å². The third-order valence-electron chi connectivity index (χ3n) is 12.6.